The summed E-state index contributed by atoms with van der Waals surface area (Å²) >= 11 is 4.76. The van der Waals surface area contributed by atoms with Crippen molar-refractivity contribution in [1.82, 2.24) is 4.98 Å². The highest BCUT2D eigenvalue weighted by molar-refractivity contribution is 9.10. The van der Waals surface area contributed by atoms with Crippen LogP contribution in [0.4, 0.5) is 5.00 Å². The van der Waals surface area contributed by atoms with Gasteiger partial charge < -0.3 is 5.73 Å². The smallest absolute Gasteiger partial charge is 0.196 e. The molecule has 2 aromatic heterocycles. The second-order valence-electron chi connectivity index (χ2n) is 5.93. The predicted molar refractivity (Wildman–Crippen MR) is 100 cm³/mol. The third-order valence-corrected chi connectivity index (χ3v) is 5.05. The van der Waals surface area contributed by atoms with Crippen LogP contribution in [0, 0.1) is 5.92 Å². The number of nitrogens with zero attached hydrogens (tertiary/aromatic N) is 1. The molecule has 0 aliphatic rings. The van der Waals surface area contributed by atoms with Crippen molar-refractivity contribution >= 4 is 48.3 Å². The molecule has 0 saturated carbocycles. The van der Waals surface area contributed by atoms with Gasteiger partial charge in [0.15, 0.2) is 5.78 Å². The number of carbonyl (C=O) groups is 1. The summed E-state index contributed by atoms with van der Waals surface area (Å²) in [4.78, 5) is 18.3. The molecule has 5 heteroatoms. The van der Waals surface area contributed by atoms with Gasteiger partial charge in [0.05, 0.1) is 10.6 Å². The maximum absolute atomic E-state index is 12.8. The molecule has 0 saturated heterocycles. The molecule has 1 aromatic carbocycles. The maximum Gasteiger partial charge on any atom is 0.196 e. The number of hydrogen-bond donors (Lipinski definition) is 1. The summed E-state index contributed by atoms with van der Waals surface area (Å²) in [6.07, 6.45) is 0.920. The minimum atomic E-state index is -0.0559. The number of carbonyl (C=O) groups excluding carboxylic acids is 1. The molecule has 0 bridgehead atoms. The Hall–Kier alpha value is -1.72. The minimum Gasteiger partial charge on any atom is -0.390 e. The van der Waals surface area contributed by atoms with Crippen LogP contribution < -0.4 is 5.73 Å². The second-order valence-corrected chi connectivity index (χ2v) is 7.88. The van der Waals surface area contributed by atoms with Crippen LogP contribution >= 0.6 is 27.3 Å². The standard InChI is InChI=1S/C18H17BrN2OS/c1-10(2)9-13-7-8-14-15(17(20)23-18(14)21-13)16(22)11-3-5-12(19)6-4-11/h3-8,10H,9,20H2,1-2H3. The molecule has 0 aliphatic carbocycles. The predicted octanol–water partition coefficient (Wildman–Crippen LogP) is 5.07. The van der Waals surface area contributed by atoms with E-state index < -0.39 is 0 Å². The number of benzene rings is 1. The summed E-state index contributed by atoms with van der Waals surface area (Å²) in [6.45, 7) is 4.33. The number of aromatic nitrogens is 1. The van der Waals surface area contributed by atoms with E-state index in [2.05, 4.69) is 34.8 Å². The van der Waals surface area contributed by atoms with Gasteiger partial charge in [-0.2, -0.15) is 0 Å². The van der Waals surface area contributed by atoms with Gasteiger partial charge in [-0.1, -0.05) is 41.1 Å². The number of hydrogen-bond acceptors (Lipinski definition) is 4. The molecule has 118 valence electrons. The Labute approximate surface area is 147 Å². The van der Waals surface area contributed by atoms with Crippen LogP contribution in [0.1, 0.15) is 35.5 Å². The van der Waals surface area contributed by atoms with E-state index in [-0.39, 0.29) is 5.78 Å². The average molecular weight is 389 g/mol. The Morgan fingerprint density at radius 2 is 1.91 bits per heavy atom. The molecule has 3 nitrogen and oxygen atoms in total. The SMILES string of the molecule is CC(C)Cc1ccc2c(C(=O)c3ccc(Br)cc3)c(N)sc2n1. The number of nitrogens with two attached hydrogens (primary N) is 1. The van der Waals surface area contributed by atoms with Crippen LogP contribution in [0.2, 0.25) is 0 Å². The van der Waals surface area contributed by atoms with E-state index in [1.165, 1.54) is 11.3 Å². The molecule has 0 spiro atoms. The van der Waals surface area contributed by atoms with Crippen molar-refractivity contribution in [2.75, 3.05) is 5.73 Å². The lowest BCUT2D eigenvalue weighted by Crippen LogP contribution is -2.03. The fourth-order valence-corrected chi connectivity index (χ4v) is 3.77. The third kappa shape index (κ3) is 3.31. The Bertz CT molecular complexity index is 869. The largest absolute Gasteiger partial charge is 0.390 e. The van der Waals surface area contributed by atoms with Crippen molar-refractivity contribution in [3.05, 3.63) is 57.7 Å². The summed E-state index contributed by atoms with van der Waals surface area (Å²) in [7, 11) is 0. The Morgan fingerprint density at radius 3 is 2.57 bits per heavy atom. The van der Waals surface area contributed by atoms with Gasteiger partial charge in [-0.3, -0.25) is 4.79 Å². The highest BCUT2D eigenvalue weighted by Crippen LogP contribution is 2.34. The van der Waals surface area contributed by atoms with Crippen LogP contribution in [0.5, 0.6) is 0 Å². The summed E-state index contributed by atoms with van der Waals surface area (Å²) < 4.78 is 0.942. The van der Waals surface area contributed by atoms with Gasteiger partial charge in [0.2, 0.25) is 0 Å². The van der Waals surface area contributed by atoms with Crippen LogP contribution in [0.15, 0.2) is 40.9 Å². The molecule has 0 aliphatic heterocycles. The van der Waals surface area contributed by atoms with Crippen molar-refractivity contribution in [3.8, 4) is 0 Å². The van der Waals surface area contributed by atoms with E-state index in [0.29, 0.717) is 22.0 Å². The Morgan fingerprint density at radius 1 is 1.22 bits per heavy atom. The van der Waals surface area contributed by atoms with Crippen molar-refractivity contribution in [2.24, 2.45) is 5.92 Å². The molecular weight excluding hydrogens is 372 g/mol. The molecule has 0 radical (unpaired) electrons. The van der Waals surface area contributed by atoms with Crippen molar-refractivity contribution < 1.29 is 4.79 Å². The first kappa shape index (κ1) is 16.1. The molecule has 3 rings (SSSR count). The molecule has 3 aromatic rings. The average Bonchev–Trinajstić information content (AvgIpc) is 2.81. The number of anilines is 1. The number of ketones is 1. The number of rotatable bonds is 4. The van der Waals surface area contributed by atoms with Crippen LogP contribution in [0.25, 0.3) is 10.2 Å². The first-order chi connectivity index (χ1) is 11.0. The summed E-state index contributed by atoms with van der Waals surface area (Å²) in [5.41, 5.74) is 8.36. The zero-order chi connectivity index (χ0) is 16.6. The van der Waals surface area contributed by atoms with E-state index in [9.17, 15) is 4.79 Å². The van der Waals surface area contributed by atoms with E-state index in [0.717, 1.165) is 26.8 Å². The van der Waals surface area contributed by atoms with Gasteiger partial charge in [-0.25, -0.2) is 4.98 Å². The van der Waals surface area contributed by atoms with Crippen LogP contribution in [-0.4, -0.2) is 10.8 Å². The highest BCUT2D eigenvalue weighted by atomic mass is 79.9. The fourth-order valence-electron chi connectivity index (χ4n) is 2.55. The molecule has 2 heterocycles. The first-order valence-corrected chi connectivity index (χ1v) is 9.05. The number of nitrogen functional groups attached to an aromatic ring is 1. The minimum absolute atomic E-state index is 0.0559. The monoisotopic (exact) mass is 388 g/mol. The van der Waals surface area contributed by atoms with Crippen LogP contribution in [-0.2, 0) is 6.42 Å². The van der Waals surface area contributed by atoms with E-state index in [1.54, 1.807) is 12.1 Å². The zero-order valence-electron chi connectivity index (χ0n) is 13.0. The normalized spacial score (nSPS) is 11.3. The lowest BCUT2D eigenvalue weighted by atomic mass is 10.0. The number of pyridine rings is 1. The van der Waals surface area contributed by atoms with Crippen LogP contribution in [0.3, 0.4) is 0 Å². The number of fused-ring (bicyclic) bond motifs is 1. The van der Waals surface area contributed by atoms with E-state index in [1.807, 2.05) is 24.3 Å². The second kappa shape index (κ2) is 6.42. The lowest BCUT2D eigenvalue weighted by Gasteiger charge is -2.04. The van der Waals surface area contributed by atoms with Gasteiger partial charge in [0, 0.05) is 21.1 Å². The summed E-state index contributed by atoms with van der Waals surface area (Å²) in [5.74, 6) is 0.487. The lowest BCUT2D eigenvalue weighted by molar-refractivity contribution is 0.104. The first-order valence-electron chi connectivity index (χ1n) is 7.44. The van der Waals surface area contributed by atoms with Gasteiger partial charge >= 0.3 is 0 Å². The topological polar surface area (TPSA) is 56.0 Å². The zero-order valence-corrected chi connectivity index (χ0v) is 15.4. The van der Waals surface area contributed by atoms with Crippen molar-refractivity contribution in [2.45, 2.75) is 20.3 Å². The van der Waals surface area contributed by atoms with Gasteiger partial charge in [-0.15, -0.1) is 0 Å². The van der Waals surface area contributed by atoms with Gasteiger partial charge in [0.25, 0.3) is 0 Å². The molecule has 2 N–H and O–H groups in total. The molecule has 0 unspecified atom stereocenters. The number of halogens is 1. The van der Waals surface area contributed by atoms with Gasteiger partial charge in [0.1, 0.15) is 4.83 Å². The maximum atomic E-state index is 12.8. The van der Waals surface area contributed by atoms with E-state index >= 15 is 0 Å². The third-order valence-electron chi connectivity index (χ3n) is 3.59. The summed E-state index contributed by atoms with van der Waals surface area (Å²) in [5, 5.41) is 1.37. The Balaban J connectivity index is 2.05. The summed E-state index contributed by atoms with van der Waals surface area (Å²) in [6, 6.07) is 11.3. The van der Waals surface area contributed by atoms with Crippen molar-refractivity contribution in [3.63, 3.8) is 0 Å². The van der Waals surface area contributed by atoms with E-state index in [4.69, 9.17) is 5.73 Å². The van der Waals surface area contributed by atoms with Crippen molar-refractivity contribution in [1.29, 1.82) is 0 Å². The Kier molecular flexibility index (Phi) is 4.50. The molecule has 23 heavy (non-hydrogen) atoms. The molecule has 0 amide bonds. The highest BCUT2D eigenvalue weighted by Gasteiger charge is 2.20. The van der Waals surface area contributed by atoms with Gasteiger partial charge in [-0.05, 0) is 48.7 Å². The molecular formula is C18H17BrN2OS. The fraction of sp³-hybridized carbons (Fsp3) is 0.222. The molecule has 0 fully saturated rings. The number of thiophene rings is 1. The molecule has 0 atom stereocenters. The quantitative estimate of drug-likeness (QED) is 0.634.